The average molecular weight is 394 g/mol. The van der Waals surface area contributed by atoms with Crippen molar-refractivity contribution >= 4 is 17.8 Å². The summed E-state index contributed by atoms with van der Waals surface area (Å²) in [5.41, 5.74) is 1.40. The third kappa shape index (κ3) is 4.67. The fourth-order valence-corrected chi connectivity index (χ4v) is 2.59. The summed E-state index contributed by atoms with van der Waals surface area (Å²) in [6.45, 7) is 0.947. The molecule has 0 aliphatic rings. The number of ether oxygens (including phenoxy) is 2. The molecule has 0 atom stereocenters. The monoisotopic (exact) mass is 394 g/mol. The molecule has 0 aliphatic carbocycles. The fraction of sp³-hybridized carbons (Fsp3) is 0.143. The number of aryl methyl sites for hydroxylation is 1. The van der Waals surface area contributed by atoms with Gasteiger partial charge in [0.25, 0.3) is 11.8 Å². The molecule has 8 nitrogen and oxygen atoms in total. The van der Waals surface area contributed by atoms with Crippen molar-refractivity contribution in [1.82, 2.24) is 10.5 Å². The Kier molecular flexibility index (Phi) is 6.03. The molecule has 1 aromatic heterocycles. The van der Waals surface area contributed by atoms with Crippen molar-refractivity contribution in [2.75, 3.05) is 13.7 Å². The van der Waals surface area contributed by atoms with E-state index in [2.05, 4.69) is 10.5 Å². The zero-order chi connectivity index (χ0) is 20.8. The minimum Gasteiger partial charge on any atom is -0.497 e. The van der Waals surface area contributed by atoms with Crippen LogP contribution in [0.1, 0.15) is 26.5 Å². The maximum Gasteiger partial charge on any atom is 0.344 e. The summed E-state index contributed by atoms with van der Waals surface area (Å²) >= 11 is 0. The van der Waals surface area contributed by atoms with Crippen molar-refractivity contribution in [1.29, 1.82) is 0 Å². The van der Waals surface area contributed by atoms with E-state index in [1.54, 1.807) is 43.3 Å². The lowest BCUT2D eigenvalue weighted by atomic mass is 10.1. The van der Waals surface area contributed by atoms with Crippen LogP contribution < -0.4 is 10.1 Å². The average Bonchev–Trinajstić information content (AvgIpc) is 3.14. The second-order valence-electron chi connectivity index (χ2n) is 6.01. The molecule has 0 unspecified atom stereocenters. The van der Waals surface area contributed by atoms with E-state index in [9.17, 15) is 14.4 Å². The van der Waals surface area contributed by atoms with Crippen LogP contribution in [0.25, 0.3) is 11.3 Å². The van der Waals surface area contributed by atoms with Crippen LogP contribution in [0.15, 0.2) is 59.1 Å². The first-order valence-corrected chi connectivity index (χ1v) is 8.66. The molecule has 0 saturated carbocycles. The Labute approximate surface area is 166 Å². The predicted octanol–water partition coefficient (Wildman–Crippen LogP) is 2.77. The van der Waals surface area contributed by atoms with Gasteiger partial charge in [-0.2, -0.15) is 0 Å². The van der Waals surface area contributed by atoms with Crippen LogP contribution in [0, 0.1) is 6.92 Å². The van der Waals surface area contributed by atoms with E-state index in [0.717, 1.165) is 0 Å². The highest BCUT2D eigenvalue weighted by molar-refractivity contribution is 6.06. The second kappa shape index (κ2) is 8.83. The third-order valence-corrected chi connectivity index (χ3v) is 4.05. The number of hydrogen-bond acceptors (Lipinski definition) is 7. The van der Waals surface area contributed by atoms with E-state index >= 15 is 0 Å². The Morgan fingerprint density at radius 2 is 1.72 bits per heavy atom. The molecule has 3 rings (SSSR count). The fourth-order valence-electron chi connectivity index (χ4n) is 2.59. The Morgan fingerprint density at radius 3 is 2.38 bits per heavy atom. The lowest BCUT2D eigenvalue weighted by Crippen LogP contribution is -2.34. The molecule has 1 N–H and O–H groups in total. The molecular formula is C21H18N2O6. The number of imide groups is 1. The van der Waals surface area contributed by atoms with Gasteiger partial charge in [0.15, 0.2) is 6.61 Å². The molecule has 2 aromatic carbocycles. The van der Waals surface area contributed by atoms with Gasteiger partial charge in [0.05, 0.1) is 7.11 Å². The number of nitrogens with one attached hydrogen (secondary N) is 1. The van der Waals surface area contributed by atoms with E-state index in [4.69, 9.17) is 14.0 Å². The normalized spacial score (nSPS) is 10.3. The lowest BCUT2D eigenvalue weighted by molar-refractivity contribution is -0.123. The van der Waals surface area contributed by atoms with Crippen LogP contribution in [-0.2, 0) is 9.53 Å². The summed E-state index contributed by atoms with van der Waals surface area (Å²) < 4.78 is 15.2. The molecular weight excluding hydrogens is 376 g/mol. The van der Waals surface area contributed by atoms with Crippen LogP contribution in [0.2, 0.25) is 0 Å². The predicted molar refractivity (Wildman–Crippen MR) is 102 cm³/mol. The standard InChI is InChI=1S/C21H18N2O6/c1-13-18(19(23-29-13)14-6-4-3-5-7-14)21(26)28-12-17(24)22-20(25)15-8-10-16(27-2)11-9-15/h3-11H,12H2,1-2H3,(H,22,24,25). The first-order chi connectivity index (χ1) is 14.0. The number of carbonyl (C=O) groups excluding carboxylic acids is 3. The Balaban J connectivity index is 1.61. The summed E-state index contributed by atoms with van der Waals surface area (Å²) in [5, 5.41) is 6.06. The molecule has 0 fully saturated rings. The van der Waals surface area contributed by atoms with Crippen molar-refractivity contribution in [3.8, 4) is 17.0 Å². The van der Waals surface area contributed by atoms with Crippen LogP contribution in [-0.4, -0.2) is 36.7 Å². The first-order valence-electron chi connectivity index (χ1n) is 8.66. The summed E-state index contributed by atoms with van der Waals surface area (Å²) in [4.78, 5) is 36.5. The number of hydrogen-bond donors (Lipinski definition) is 1. The molecule has 0 radical (unpaired) electrons. The quantitative estimate of drug-likeness (QED) is 0.641. The van der Waals surface area contributed by atoms with E-state index < -0.39 is 24.4 Å². The molecule has 29 heavy (non-hydrogen) atoms. The van der Waals surface area contributed by atoms with Crippen molar-refractivity contribution in [2.24, 2.45) is 0 Å². The number of esters is 1. The van der Waals surface area contributed by atoms with Gasteiger partial charge < -0.3 is 14.0 Å². The lowest BCUT2D eigenvalue weighted by Gasteiger charge is -2.07. The summed E-state index contributed by atoms with van der Waals surface area (Å²) in [5.74, 6) is -1.28. The molecule has 0 saturated heterocycles. The van der Waals surface area contributed by atoms with Crippen molar-refractivity contribution in [3.63, 3.8) is 0 Å². The van der Waals surface area contributed by atoms with Crippen molar-refractivity contribution < 1.29 is 28.4 Å². The van der Waals surface area contributed by atoms with Crippen molar-refractivity contribution in [2.45, 2.75) is 6.92 Å². The highest BCUT2D eigenvalue weighted by atomic mass is 16.5. The van der Waals surface area contributed by atoms with Gasteiger partial charge >= 0.3 is 5.97 Å². The minimum atomic E-state index is -0.769. The highest BCUT2D eigenvalue weighted by Gasteiger charge is 2.24. The zero-order valence-corrected chi connectivity index (χ0v) is 15.8. The summed E-state index contributed by atoms with van der Waals surface area (Å²) in [6.07, 6.45) is 0. The number of rotatable bonds is 6. The molecule has 0 bridgehead atoms. The Morgan fingerprint density at radius 1 is 1.03 bits per heavy atom. The molecule has 3 aromatic rings. The van der Waals surface area contributed by atoms with Crippen LogP contribution >= 0.6 is 0 Å². The van der Waals surface area contributed by atoms with Gasteiger partial charge in [-0.05, 0) is 31.2 Å². The number of carbonyl (C=O) groups is 3. The number of benzene rings is 2. The van der Waals surface area contributed by atoms with Gasteiger partial charge in [0.1, 0.15) is 22.8 Å². The second-order valence-corrected chi connectivity index (χ2v) is 6.01. The molecule has 0 spiro atoms. The third-order valence-electron chi connectivity index (χ3n) is 4.05. The van der Waals surface area contributed by atoms with Crippen LogP contribution in [0.3, 0.4) is 0 Å². The largest absolute Gasteiger partial charge is 0.497 e. The van der Waals surface area contributed by atoms with Gasteiger partial charge in [0.2, 0.25) is 0 Å². The first kappa shape index (κ1) is 19.8. The zero-order valence-electron chi connectivity index (χ0n) is 15.8. The van der Waals surface area contributed by atoms with E-state index in [1.165, 1.54) is 19.2 Å². The Bertz CT molecular complexity index is 1030. The Hall–Kier alpha value is -3.94. The maximum absolute atomic E-state index is 12.5. The van der Waals surface area contributed by atoms with Gasteiger partial charge in [-0.1, -0.05) is 35.5 Å². The molecule has 0 aliphatic heterocycles. The molecule has 148 valence electrons. The minimum absolute atomic E-state index is 0.130. The van der Waals surface area contributed by atoms with Gasteiger partial charge in [-0.3, -0.25) is 14.9 Å². The topological polar surface area (TPSA) is 108 Å². The maximum atomic E-state index is 12.5. The molecule has 2 amide bonds. The van der Waals surface area contributed by atoms with E-state index in [1.807, 2.05) is 6.07 Å². The molecule has 1 heterocycles. The SMILES string of the molecule is COc1ccc(C(=O)NC(=O)COC(=O)c2c(-c3ccccc3)noc2C)cc1. The molecule has 8 heteroatoms. The van der Waals surface area contributed by atoms with Crippen molar-refractivity contribution in [3.05, 3.63) is 71.5 Å². The van der Waals surface area contributed by atoms with Crippen LogP contribution in [0.4, 0.5) is 0 Å². The highest BCUT2D eigenvalue weighted by Crippen LogP contribution is 2.25. The summed E-state index contributed by atoms with van der Waals surface area (Å²) in [7, 11) is 1.51. The van der Waals surface area contributed by atoms with Gasteiger partial charge in [0, 0.05) is 11.1 Å². The van der Waals surface area contributed by atoms with Gasteiger partial charge in [-0.25, -0.2) is 4.79 Å². The summed E-state index contributed by atoms with van der Waals surface area (Å²) in [6, 6.07) is 15.2. The van der Waals surface area contributed by atoms with E-state index in [0.29, 0.717) is 17.0 Å². The van der Waals surface area contributed by atoms with E-state index in [-0.39, 0.29) is 16.9 Å². The number of aromatic nitrogens is 1. The van der Waals surface area contributed by atoms with Gasteiger partial charge in [-0.15, -0.1) is 0 Å². The number of amides is 2. The van der Waals surface area contributed by atoms with Crippen LogP contribution in [0.5, 0.6) is 5.75 Å². The number of nitrogens with zero attached hydrogens (tertiary/aromatic N) is 1. The number of methoxy groups -OCH3 is 1. The smallest absolute Gasteiger partial charge is 0.344 e.